The number of aromatic nitrogens is 4. The number of hydrogen-bond acceptors (Lipinski definition) is 5. The molecule has 3 heterocycles. The van der Waals surface area contributed by atoms with Crippen molar-refractivity contribution in [3.63, 3.8) is 0 Å². The minimum absolute atomic E-state index is 0.221. The van der Waals surface area contributed by atoms with Crippen molar-refractivity contribution in [2.24, 2.45) is 5.92 Å². The van der Waals surface area contributed by atoms with E-state index < -0.39 is 0 Å². The first-order valence-electron chi connectivity index (χ1n) is 7.75. The van der Waals surface area contributed by atoms with E-state index in [4.69, 9.17) is 4.74 Å². The number of nitrogens with zero attached hydrogens (tertiary/aromatic N) is 5. The molecule has 1 aliphatic heterocycles. The van der Waals surface area contributed by atoms with Crippen LogP contribution in [0.3, 0.4) is 0 Å². The highest BCUT2D eigenvalue weighted by Crippen LogP contribution is 2.23. The molecular weight excluding hydrogens is 294 g/mol. The van der Waals surface area contributed by atoms with E-state index in [0.29, 0.717) is 25.5 Å². The Bertz CT molecular complexity index is 671. The smallest absolute Gasteiger partial charge is 0.223 e. The summed E-state index contributed by atoms with van der Waals surface area (Å²) in [4.78, 5) is 18.5. The average molecular weight is 315 g/mol. The van der Waals surface area contributed by atoms with Crippen molar-refractivity contribution in [2.45, 2.75) is 19.8 Å². The quantitative estimate of drug-likeness (QED) is 0.795. The van der Waals surface area contributed by atoms with Gasteiger partial charge in [-0.1, -0.05) is 6.07 Å². The van der Waals surface area contributed by atoms with E-state index in [1.54, 1.807) is 24.3 Å². The fourth-order valence-electron chi connectivity index (χ4n) is 2.97. The fraction of sp³-hybridized carbons (Fsp3) is 0.500. The van der Waals surface area contributed by atoms with E-state index in [-0.39, 0.29) is 5.91 Å². The lowest BCUT2D eigenvalue weighted by Crippen LogP contribution is -2.29. The van der Waals surface area contributed by atoms with Crippen molar-refractivity contribution in [1.29, 1.82) is 0 Å². The van der Waals surface area contributed by atoms with Crippen LogP contribution < -0.4 is 0 Å². The van der Waals surface area contributed by atoms with Crippen LogP contribution in [0, 0.1) is 12.8 Å². The van der Waals surface area contributed by atoms with E-state index >= 15 is 0 Å². The monoisotopic (exact) mass is 315 g/mol. The Hall–Kier alpha value is -2.28. The second kappa shape index (κ2) is 6.87. The average Bonchev–Trinajstić information content (AvgIpc) is 3.17. The molecule has 2 aromatic heterocycles. The summed E-state index contributed by atoms with van der Waals surface area (Å²) >= 11 is 0. The number of carbonyl (C=O) groups excluding carboxylic acids is 1. The van der Waals surface area contributed by atoms with E-state index in [1.807, 2.05) is 17.9 Å². The molecular formula is C16H21N5O2. The minimum atomic E-state index is 0.221. The Morgan fingerprint density at radius 1 is 1.30 bits per heavy atom. The summed E-state index contributed by atoms with van der Waals surface area (Å²) in [5, 5.41) is 7.59. The summed E-state index contributed by atoms with van der Waals surface area (Å²) in [5.74, 6) is 1.37. The molecule has 0 saturated carbocycles. The number of pyridine rings is 1. The van der Waals surface area contributed by atoms with Gasteiger partial charge in [0.25, 0.3) is 0 Å². The second-order valence-electron chi connectivity index (χ2n) is 5.89. The lowest BCUT2D eigenvalue weighted by atomic mass is 9.97. The number of likely N-dealkylation sites (tertiary alicyclic amines) is 1. The Balaban J connectivity index is 1.66. The molecule has 1 amide bonds. The van der Waals surface area contributed by atoms with Crippen molar-refractivity contribution in [3.05, 3.63) is 36.0 Å². The number of amides is 1. The largest absolute Gasteiger partial charge is 0.383 e. The maximum absolute atomic E-state index is 12.0. The van der Waals surface area contributed by atoms with E-state index in [0.717, 1.165) is 24.5 Å². The Morgan fingerprint density at radius 3 is 2.78 bits per heavy atom. The van der Waals surface area contributed by atoms with Crippen LogP contribution in [0.2, 0.25) is 0 Å². The number of methoxy groups -OCH3 is 1. The van der Waals surface area contributed by atoms with Crippen LogP contribution in [0.1, 0.15) is 17.7 Å². The van der Waals surface area contributed by atoms with Crippen LogP contribution >= 0.6 is 0 Å². The van der Waals surface area contributed by atoms with Crippen LogP contribution in [-0.4, -0.2) is 57.4 Å². The first-order valence-corrected chi connectivity index (χ1v) is 7.75. The van der Waals surface area contributed by atoms with Gasteiger partial charge in [-0.25, -0.2) is 4.98 Å². The van der Waals surface area contributed by atoms with Gasteiger partial charge in [-0.2, -0.15) is 0 Å². The van der Waals surface area contributed by atoms with Crippen LogP contribution in [0.4, 0.5) is 0 Å². The Labute approximate surface area is 135 Å². The van der Waals surface area contributed by atoms with Gasteiger partial charge in [0.15, 0.2) is 0 Å². The van der Waals surface area contributed by atoms with Crippen molar-refractivity contribution in [1.82, 2.24) is 24.6 Å². The molecule has 3 rings (SSSR count). The molecule has 7 heteroatoms. The van der Waals surface area contributed by atoms with Gasteiger partial charge in [-0.3, -0.25) is 9.36 Å². The van der Waals surface area contributed by atoms with Gasteiger partial charge >= 0.3 is 0 Å². The van der Waals surface area contributed by atoms with E-state index in [2.05, 4.69) is 21.2 Å². The van der Waals surface area contributed by atoms with Crippen molar-refractivity contribution in [3.8, 4) is 5.82 Å². The van der Waals surface area contributed by atoms with Crippen LogP contribution in [-0.2, 0) is 16.0 Å². The first-order chi connectivity index (χ1) is 11.2. The van der Waals surface area contributed by atoms with Crippen molar-refractivity contribution in [2.75, 3.05) is 26.8 Å². The molecule has 1 fully saturated rings. The van der Waals surface area contributed by atoms with Crippen molar-refractivity contribution >= 4 is 5.91 Å². The zero-order valence-electron chi connectivity index (χ0n) is 13.5. The van der Waals surface area contributed by atoms with E-state index in [9.17, 15) is 4.79 Å². The lowest BCUT2D eigenvalue weighted by Gasteiger charge is -2.16. The normalized spacial score (nSPS) is 17.9. The molecule has 0 spiro atoms. The molecule has 0 aromatic carbocycles. The van der Waals surface area contributed by atoms with Crippen LogP contribution in [0.15, 0.2) is 24.8 Å². The summed E-state index contributed by atoms with van der Waals surface area (Å²) in [7, 11) is 1.66. The molecule has 1 atom stereocenters. The van der Waals surface area contributed by atoms with Crippen molar-refractivity contribution < 1.29 is 9.53 Å². The predicted octanol–water partition coefficient (Wildman–Crippen LogP) is 1.01. The summed E-state index contributed by atoms with van der Waals surface area (Å²) in [6.07, 6.45) is 4.74. The highest BCUT2D eigenvalue weighted by molar-refractivity contribution is 5.78. The molecule has 0 N–H and O–H groups in total. The summed E-state index contributed by atoms with van der Waals surface area (Å²) in [5.41, 5.74) is 2.17. The molecule has 0 bridgehead atoms. The number of carbonyl (C=O) groups is 1. The fourth-order valence-corrected chi connectivity index (χ4v) is 2.97. The van der Waals surface area contributed by atoms with E-state index in [1.165, 1.54) is 5.56 Å². The van der Waals surface area contributed by atoms with Gasteiger partial charge in [0.05, 0.1) is 6.61 Å². The van der Waals surface area contributed by atoms with Gasteiger partial charge in [-0.15, -0.1) is 10.2 Å². The van der Waals surface area contributed by atoms with Gasteiger partial charge in [-0.05, 0) is 30.9 Å². The molecule has 0 aliphatic carbocycles. The highest BCUT2D eigenvalue weighted by Gasteiger charge is 2.29. The topological polar surface area (TPSA) is 73.1 Å². The van der Waals surface area contributed by atoms with Gasteiger partial charge in [0.2, 0.25) is 5.91 Å². The number of rotatable bonds is 6. The molecule has 1 saturated heterocycles. The van der Waals surface area contributed by atoms with Gasteiger partial charge in [0.1, 0.15) is 18.5 Å². The Morgan fingerprint density at radius 2 is 2.09 bits per heavy atom. The first kappa shape index (κ1) is 15.6. The molecule has 0 radical (unpaired) electrons. The summed E-state index contributed by atoms with van der Waals surface area (Å²) < 4.78 is 6.84. The molecule has 1 unspecified atom stereocenters. The molecule has 122 valence electrons. The Kier molecular flexibility index (Phi) is 4.66. The molecule has 7 nitrogen and oxygen atoms in total. The third-order valence-electron chi connectivity index (χ3n) is 4.23. The molecule has 23 heavy (non-hydrogen) atoms. The lowest BCUT2D eigenvalue weighted by molar-refractivity contribution is -0.128. The maximum Gasteiger partial charge on any atom is 0.223 e. The summed E-state index contributed by atoms with van der Waals surface area (Å²) in [6, 6.07) is 4.05. The predicted molar refractivity (Wildman–Crippen MR) is 84.2 cm³/mol. The zero-order valence-corrected chi connectivity index (χ0v) is 13.5. The SMILES string of the molecule is COCCN1CC(Cc2ccc(-n3cnnc3)nc2C)CC1=O. The minimum Gasteiger partial charge on any atom is -0.383 e. The van der Waals surface area contributed by atoms with Crippen LogP contribution in [0.25, 0.3) is 5.82 Å². The second-order valence-corrected chi connectivity index (χ2v) is 5.89. The number of ether oxygens (including phenoxy) is 1. The molecule has 1 aliphatic rings. The summed E-state index contributed by atoms with van der Waals surface area (Å²) in [6.45, 7) is 4.07. The number of aryl methyl sites for hydroxylation is 1. The highest BCUT2D eigenvalue weighted by atomic mass is 16.5. The van der Waals surface area contributed by atoms with Gasteiger partial charge < -0.3 is 9.64 Å². The standard InChI is InChI=1S/C16H21N5O2/c1-12-14(3-4-15(19-12)21-10-17-18-11-21)7-13-8-16(22)20(9-13)5-6-23-2/h3-4,10-11,13H,5-9H2,1-2H3. The van der Waals surface area contributed by atoms with Crippen LogP contribution in [0.5, 0.6) is 0 Å². The number of hydrogen-bond donors (Lipinski definition) is 0. The molecule has 2 aromatic rings. The maximum atomic E-state index is 12.0. The van der Waals surface area contributed by atoms with Gasteiger partial charge in [0, 0.05) is 32.3 Å². The third-order valence-corrected chi connectivity index (χ3v) is 4.23. The zero-order chi connectivity index (χ0) is 16.2. The third kappa shape index (κ3) is 3.56.